The maximum Gasteiger partial charge on any atom is 0.233 e. The van der Waals surface area contributed by atoms with Crippen LogP contribution in [0.4, 0.5) is 11.6 Å². The smallest absolute Gasteiger partial charge is 0.233 e. The molecular weight excluding hydrogens is 280 g/mol. The second-order valence-electron chi connectivity index (χ2n) is 6.53. The van der Waals surface area contributed by atoms with E-state index in [9.17, 15) is 4.79 Å². The second kappa shape index (κ2) is 5.50. The Morgan fingerprint density at radius 3 is 2.36 bits per heavy atom. The van der Waals surface area contributed by atoms with Crippen LogP contribution in [0.5, 0.6) is 0 Å². The van der Waals surface area contributed by atoms with E-state index < -0.39 is 0 Å². The first kappa shape index (κ1) is 13.9. The Kier molecular flexibility index (Phi) is 3.48. The standard InChI is InChI=1S/C16H22N4O2/c21-14-16(4-9-22-10-5-16)3-8-20(14)13-11-17-15(18-12-13)19-6-1-2-7-19/h11-12H,1-10H2. The minimum absolute atomic E-state index is 0.203. The lowest BCUT2D eigenvalue weighted by Crippen LogP contribution is -2.38. The number of hydrogen-bond donors (Lipinski definition) is 0. The molecule has 118 valence electrons. The predicted molar refractivity (Wildman–Crippen MR) is 82.9 cm³/mol. The van der Waals surface area contributed by atoms with Gasteiger partial charge in [0, 0.05) is 32.8 Å². The Balaban J connectivity index is 1.51. The number of carbonyl (C=O) groups excluding carboxylic acids is 1. The van der Waals surface area contributed by atoms with Gasteiger partial charge >= 0.3 is 0 Å². The fourth-order valence-electron chi connectivity index (χ4n) is 3.83. The van der Waals surface area contributed by atoms with E-state index in [0.717, 1.165) is 50.5 Å². The monoisotopic (exact) mass is 302 g/mol. The van der Waals surface area contributed by atoms with Crippen LogP contribution < -0.4 is 9.80 Å². The molecule has 6 heteroatoms. The van der Waals surface area contributed by atoms with Crippen molar-refractivity contribution in [3.63, 3.8) is 0 Å². The summed E-state index contributed by atoms with van der Waals surface area (Å²) in [6.45, 7) is 4.23. The van der Waals surface area contributed by atoms with Gasteiger partial charge in [0.15, 0.2) is 0 Å². The van der Waals surface area contributed by atoms with Gasteiger partial charge in [-0.05, 0) is 32.1 Å². The SMILES string of the molecule is O=C1N(c2cnc(N3CCCC3)nc2)CCC12CCOCC2. The summed E-state index contributed by atoms with van der Waals surface area (Å²) in [4.78, 5) is 25.8. The van der Waals surface area contributed by atoms with Crippen molar-refractivity contribution in [2.24, 2.45) is 5.41 Å². The molecule has 0 saturated carbocycles. The number of carbonyl (C=O) groups is 1. The Labute approximate surface area is 130 Å². The Bertz CT molecular complexity index is 548. The molecule has 4 heterocycles. The van der Waals surface area contributed by atoms with Crippen molar-refractivity contribution >= 4 is 17.5 Å². The molecule has 1 aromatic heterocycles. The van der Waals surface area contributed by atoms with Crippen molar-refractivity contribution in [1.29, 1.82) is 0 Å². The van der Waals surface area contributed by atoms with Crippen LogP contribution in [0.1, 0.15) is 32.1 Å². The molecule has 3 aliphatic rings. The third kappa shape index (κ3) is 2.26. The van der Waals surface area contributed by atoms with E-state index in [1.165, 1.54) is 12.8 Å². The summed E-state index contributed by atoms with van der Waals surface area (Å²) in [5, 5.41) is 0. The third-order valence-electron chi connectivity index (χ3n) is 5.29. The normalized spacial score (nSPS) is 24.5. The molecule has 0 aliphatic carbocycles. The lowest BCUT2D eigenvalue weighted by molar-refractivity contribution is -0.130. The lowest BCUT2D eigenvalue weighted by atomic mass is 9.79. The van der Waals surface area contributed by atoms with E-state index in [-0.39, 0.29) is 11.3 Å². The maximum atomic E-state index is 12.8. The highest BCUT2D eigenvalue weighted by Gasteiger charge is 2.47. The van der Waals surface area contributed by atoms with E-state index in [4.69, 9.17) is 4.74 Å². The van der Waals surface area contributed by atoms with Gasteiger partial charge in [0.2, 0.25) is 11.9 Å². The van der Waals surface area contributed by atoms with E-state index in [2.05, 4.69) is 14.9 Å². The molecule has 0 aromatic carbocycles. The van der Waals surface area contributed by atoms with Crippen LogP contribution in [0, 0.1) is 5.41 Å². The first-order valence-electron chi connectivity index (χ1n) is 8.25. The van der Waals surface area contributed by atoms with Crippen LogP contribution in [0.3, 0.4) is 0 Å². The van der Waals surface area contributed by atoms with Crippen LogP contribution in [0.25, 0.3) is 0 Å². The zero-order chi connectivity index (χ0) is 15.0. The molecular formula is C16H22N4O2. The number of ether oxygens (including phenoxy) is 1. The topological polar surface area (TPSA) is 58.6 Å². The highest BCUT2D eigenvalue weighted by atomic mass is 16.5. The van der Waals surface area contributed by atoms with Gasteiger partial charge in [0.1, 0.15) is 0 Å². The molecule has 1 aromatic rings. The molecule has 6 nitrogen and oxygen atoms in total. The first-order valence-corrected chi connectivity index (χ1v) is 8.25. The molecule has 0 radical (unpaired) electrons. The molecule has 3 saturated heterocycles. The number of amides is 1. The zero-order valence-electron chi connectivity index (χ0n) is 12.8. The van der Waals surface area contributed by atoms with Crippen LogP contribution in [-0.4, -0.2) is 48.7 Å². The number of aromatic nitrogens is 2. The summed E-state index contributed by atoms with van der Waals surface area (Å²) in [5.74, 6) is 1.02. The Morgan fingerprint density at radius 2 is 1.68 bits per heavy atom. The van der Waals surface area contributed by atoms with Crippen molar-refractivity contribution < 1.29 is 9.53 Å². The molecule has 0 unspecified atom stereocenters. The lowest BCUT2D eigenvalue weighted by Gasteiger charge is -2.31. The number of anilines is 2. The highest BCUT2D eigenvalue weighted by molar-refractivity contribution is 5.99. The fraction of sp³-hybridized carbons (Fsp3) is 0.688. The largest absolute Gasteiger partial charge is 0.381 e. The summed E-state index contributed by atoms with van der Waals surface area (Å²) >= 11 is 0. The molecule has 1 amide bonds. The van der Waals surface area contributed by atoms with Gasteiger partial charge in [-0.15, -0.1) is 0 Å². The molecule has 3 aliphatic heterocycles. The van der Waals surface area contributed by atoms with E-state index in [1.807, 2.05) is 4.90 Å². The minimum Gasteiger partial charge on any atom is -0.381 e. The summed E-state index contributed by atoms with van der Waals surface area (Å²) in [6, 6.07) is 0. The molecule has 1 spiro atoms. The third-order valence-corrected chi connectivity index (χ3v) is 5.29. The van der Waals surface area contributed by atoms with Gasteiger partial charge in [-0.3, -0.25) is 4.79 Å². The van der Waals surface area contributed by atoms with Crippen molar-refractivity contribution in [3.05, 3.63) is 12.4 Å². The van der Waals surface area contributed by atoms with Crippen LogP contribution >= 0.6 is 0 Å². The summed E-state index contributed by atoms with van der Waals surface area (Å²) in [5.41, 5.74) is 0.627. The van der Waals surface area contributed by atoms with Crippen molar-refractivity contribution in [3.8, 4) is 0 Å². The van der Waals surface area contributed by atoms with E-state index >= 15 is 0 Å². The van der Waals surface area contributed by atoms with Crippen molar-refractivity contribution in [1.82, 2.24) is 9.97 Å². The highest BCUT2D eigenvalue weighted by Crippen LogP contribution is 2.42. The molecule has 0 bridgehead atoms. The van der Waals surface area contributed by atoms with Crippen LogP contribution in [0.15, 0.2) is 12.4 Å². The average Bonchev–Trinajstić information content (AvgIpc) is 3.19. The van der Waals surface area contributed by atoms with Gasteiger partial charge in [-0.1, -0.05) is 0 Å². The van der Waals surface area contributed by atoms with Gasteiger partial charge < -0.3 is 14.5 Å². The van der Waals surface area contributed by atoms with Gasteiger partial charge in [0.25, 0.3) is 0 Å². The van der Waals surface area contributed by atoms with Gasteiger partial charge in [-0.2, -0.15) is 0 Å². The van der Waals surface area contributed by atoms with Crippen molar-refractivity contribution in [2.45, 2.75) is 32.1 Å². The Morgan fingerprint density at radius 1 is 1.00 bits per heavy atom. The predicted octanol–water partition coefficient (Wildman–Crippen LogP) is 1.61. The second-order valence-corrected chi connectivity index (χ2v) is 6.53. The Hall–Kier alpha value is -1.69. The van der Waals surface area contributed by atoms with Gasteiger partial charge in [0.05, 0.1) is 23.5 Å². The molecule has 3 fully saturated rings. The maximum absolute atomic E-state index is 12.8. The quantitative estimate of drug-likeness (QED) is 0.830. The van der Waals surface area contributed by atoms with Gasteiger partial charge in [-0.25, -0.2) is 9.97 Å². The molecule has 0 N–H and O–H groups in total. The van der Waals surface area contributed by atoms with Crippen LogP contribution in [0.2, 0.25) is 0 Å². The zero-order valence-corrected chi connectivity index (χ0v) is 12.8. The minimum atomic E-state index is -0.203. The summed E-state index contributed by atoms with van der Waals surface area (Å²) < 4.78 is 5.42. The van der Waals surface area contributed by atoms with Crippen molar-refractivity contribution in [2.75, 3.05) is 42.6 Å². The summed E-state index contributed by atoms with van der Waals surface area (Å²) in [6.07, 6.45) is 8.63. The molecule has 4 rings (SSSR count). The molecule has 0 atom stereocenters. The first-order chi connectivity index (χ1) is 10.8. The number of hydrogen-bond acceptors (Lipinski definition) is 5. The van der Waals surface area contributed by atoms with Crippen LogP contribution in [-0.2, 0) is 9.53 Å². The fourth-order valence-corrected chi connectivity index (χ4v) is 3.83. The molecule has 22 heavy (non-hydrogen) atoms. The van der Waals surface area contributed by atoms with E-state index in [0.29, 0.717) is 13.2 Å². The number of rotatable bonds is 2. The average molecular weight is 302 g/mol. The summed E-state index contributed by atoms with van der Waals surface area (Å²) in [7, 11) is 0. The van der Waals surface area contributed by atoms with E-state index in [1.54, 1.807) is 12.4 Å². The number of nitrogens with zero attached hydrogens (tertiary/aromatic N) is 4.